The molecule has 0 spiro atoms. The lowest BCUT2D eigenvalue weighted by atomic mass is 10.5. The minimum absolute atomic E-state index is 0.00425. The Labute approximate surface area is 84.6 Å². The molecule has 9 heteroatoms. The summed E-state index contributed by atoms with van der Waals surface area (Å²) >= 11 is 0. The number of H-pyrrole nitrogens is 1. The molecular weight excluding hydrogens is 202 g/mol. The van der Waals surface area contributed by atoms with E-state index in [2.05, 4.69) is 25.8 Å². The van der Waals surface area contributed by atoms with Crippen molar-refractivity contribution in [1.82, 2.24) is 25.8 Å². The molecule has 1 rings (SSSR count). The van der Waals surface area contributed by atoms with Crippen LogP contribution >= 0.6 is 0 Å². The molecule has 0 saturated carbocycles. The lowest BCUT2D eigenvalue weighted by Gasteiger charge is -2.02. The van der Waals surface area contributed by atoms with Crippen LogP contribution in [0.15, 0.2) is 0 Å². The molecule has 0 bridgehead atoms. The van der Waals surface area contributed by atoms with Gasteiger partial charge in [0.05, 0.1) is 0 Å². The fourth-order valence-electron chi connectivity index (χ4n) is 0.822. The zero-order valence-electron chi connectivity index (χ0n) is 7.78. The van der Waals surface area contributed by atoms with Crippen molar-refractivity contribution in [3.63, 3.8) is 0 Å². The Bertz CT molecular complexity index is 360. The van der Waals surface area contributed by atoms with Crippen LogP contribution in [0.2, 0.25) is 0 Å². The van der Waals surface area contributed by atoms with Gasteiger partial charge < -0.3 is 22.1 Å². The number of nitrogen functional groups attached to an aromatic ring is 1. The summed E-state index contributed by atoms with van der Waals surface area (Å²) in [5.74, 6) is -0.438. The predicted octanol–water partition coefficient (Wildman–Crippen LogP) is -2.21. The highest BCUT2D eigenvalue weighted by Crippen LogP contribution is 1.91. The summed E-state index contributed by atoms with van der Waals surface area (Å²) < 4.78 is 0. The van der Waals surface area contributed by atoms with Gasteiger partial charge in [0.15, 0.2) is 0 Å². The lowest BCUT2D eigenvalue weighted by Crippen LogP contribution is -2.37. The van der Waals surface area contributed by atoms with E-state index in [1.54, 1.807) is 0 Å². The van der Waals surface area contributed by atoms with Gasteiger partial charge in [-0.15, -0.1) is 5.10 Å². The normalized spacial score (nSPS) is 9.60. The van der Waals surface area contributed by atoms with Crippen LogP contribution in [-0.2, 0) is 0 Å². The van der Waals surface area contributed by atoms with Crippen molar-refractivity contribution in [3.05, 3.63) is 5.82 Å². The number of carbonyl (C=O) groups excluding carboxylic acids is 2. The molecule has 3 amide bonds. The third kappa shape index (κ3) is 3.50. The monoisotopic (exact) mass is 213 g/mol. The number of hydrogen-bond acceptors (Lipinski definition) is 5. The van der Waals surface area contributed by atoms with Crippen LogP contribution in [0.4, 0.5) is 10.7 Å². The summed E-state index contributed by atoms with van der Waals surface area (Å²) in [5, 5.41) is 10.6. The van der Waals surface area contributed by atoms with Crippen molar-refractivity contribution in [1.29, 1.82) is 0 Å². The summed E-state index contributed by atoms with van der Waals surface area (Å²) in [6.07, 6.45) is 0. The number of urea groups is 1. The first kappa shape index (κ1) is 10.8. The van der Waals surface area contributed by atoms with Crippen molar-refractivity contribution in [2.45, 2.75) is 0 Å². The van der Waals surface area contributed by atoms with E-state index in [1.165, 1.54) is 0 Å². The maximum atomic E-state index is 11.3. The van der Waals surface area contributed by atoms with Crippen LogP contribution in [0.1, 0.15) is 10.6 Å². The molecule has 0 aliphatic carbocycles. The van der Waals surface area contributed by atoms with Crippen LogP contribution in [-0.4, -0.2) is 40.2 Å². The summed E-state index contributed by atoms with van der Waals surface area (Å²) in [7, 11) is 0. The summed E-state index contributed by atoms with van der Waals surface area (Å²) in [6, 6.07) is -0.645. The van der Waals surface area contributed by atoms with Gasteiger partial charge in [0, 0.05) is 13.1 Å². The molecule has 7 N–H and O–H groups in total. The van der Waals surface area contributed by atoms with Crippen LogP contribution in [0.25, 0.3) is 0 Å². The lowest BCUT2D eigenvalue weighted by molar-refractivity contribution is 0.0944. The number of carbonyl (C=O) groups is 2. The number of hydrogen-bond donors (Lipinski definition) is 5. The molecule has 0 fully saturated rings. The predicted molar refractivity (Wildman–Crippen MR) is 50.7 cm³/mol. The van der Waals surface area contributed by atoms with E-state index in [-0.39, 0.29) is 24.9 Å². The van der Waals surface area contributed by atoms with Gasteiger partial charge in [-0.25, -0.2) is 4.79 Å². The average Bonchev–Trinajstić information content (AvgIpc) is 2.59. The maximum absolute atomic E-state index is 11.3. The minimum atomic E-state index is -0.645. The van der Waals surface area contributed by atoms with Crippen LogP contribution in [0.3, 0.4) is 0 Å². The highest BCUT2D eigenvalue weighted by Gasteiger charge is 2.09. The van der Waals surface area contributed by atoms with Crippen molar-refractivity contribution in [3.8, 4) is 0 Å². The van der Waals surface area contributed by atoms with E-state index in [1.807, 2.05) is 0 Å². The van der Waals surface area contributed by atoms with Gasteiger partial charge in [-0.1, -0.05) is 0 Å². The van der Waals surface area contributed by atoms with Crippen molar-refractivity contribution in [2.75, 3.05) is 18.8 Å². The molecule has 0 atom stereocenters. The van der Waals surface area contributed by atoms with Crippen molar-refractivity contribution in [2.24, 2.45) is 5.73 Å². The third-order valence-electron chi connectivity index (χ3n) is 1.43. The highest BCUT2D eigenvalue weighted by atomic mass is 16.2. The fourth-order valence-corrected chi connectivity index (χ4v) is 0.822. The number of primary amides is 1. The van der Waals surface area contributed by atoms with Gasteiger partial charge >= 0.3 is 6.03 Å². The zero-order chi connectivity index (χ0) is 11.3. The number of anilines is 1. The van der Waals surface area contributed by atoms with Gasteiger partial charge in [-0.2, -0.15) is 4.98 Å². The number of nitrogens with zero attached hydrogens (tertiary/aromatic N) is 2. The Morgan fingerprint density at radius 1 is 1.33 bits per heavy atom. The standard InChI is InChI=1S/C6H11N7O2/c7-5-11-3(12-13-5)4(14)9-1-2-10-6(8)15/h1-2H2,(H,9,14)(H3,8,10,15)(H3,7,11,12,13). The highest BCUT2D eigenvalue weighted by molar-refractivity contribution is 5.90. The molecule has 0 aliphatic rings. The van der Waals surface area contributed by atoms with Gasteiger partial charge in [0.2, 0.25) is 11.8 Å². The fraction of sp³-hybridized carbons (Fsp3) is 0.333. The second-order valence-electron chi connectivity index (χ2n) is 2.59. The van der Waals surface area contributed by atoms with E-state index in [0.29, 0.717) is 0 Å². The molecule has 9 nitrogen and oxygen atoms in total. The zero-order valence-corrected chi connectivity index (χ0v) is 7.78. The second kappa shape index (κ2) is 4.79. The first-order valence-corrected chi connectivity index (χ1v) is 4.09. The Hall–Kier alpha value is -2.32. The quantitative estimate of drug-likeness (QED) is 0.359. The number of aromatic nitrogens is 3. The molecule has 82 valence electrons. The van der Waals surface area contributed by atoms with Crippen LogP contribution < -0.4 is 22.1 Å². The van der Waals surface area contributed by atoms with E-state index >= 15 is 0 Å². The SMILES string of the molecule is NC(=O)NCCNC(=O)c1nc(N)n[nH]1. The Kier molecular flexibility index (Phi) is 3.43. The Morgan fingerprint density at radius 2 is 2.00 bits per heavy atom. The van der Waals surface area contributed by atoms with Crippen molar-refractivity contribution >= 4 is 17.9 Å². The van der Waals surface area contributed by atoms with E-state index in [0.717, 1.165) is 0 Å². The second-order valence-corrected chi connectivity index (χ2v) is 2.59. The number of nitrogens with one attached hydrogen (secondary N) is 3. The number of nitrogens with two attached hydrogens (primary N) is 2. The molecule has 15 heavy (non-hydrogen) atoms. The summed E-state index contributed by atoms with van der Waals surface area (Å²) in [6.45, 7) is 0.479. The Balaban J connectivity index is 2.28. The number of rotatable bonds is 4. The molecule has 0 aromatic carbocycles. The molecule has 0 radical (unpaired) electrons. The third-order valence-corrected chi connectivity index (χ3v) is 1.43. The number of aromatic amines is 1. The molecule has 1 aromatic heterocycles. The smallest absolute Gasteiger partial charge is 0.312 e. The van der Waals surface area contributed by atoms with Gasteiger partial charge in [-0.3, -0.25) is 9.89 Å². The van der Waals surface area contributed by atoms with Gasteiger partial charge in [-0.05, 0) is 0 Å². The topological polar surface area (TPSA) is 152 Å². The van der Waals surface area contributed by atoms with Gasteiger partial charge in [0.25, 0.3) is 5.91 Å². The molecule has 1 heterocycles. The minimum Gasteiger partial charge on any atom is -0.366 e. The average molecular weight is 213 g/mol. The van der Waals surface area contributed by atoms with Crippen LogP contribution in [0.5, 0.6) is 0 Å². The first-order chi connectivity index (χ1) is 7.09. The summed E-state index contributed by atoms with van der Waals surface area (Å²) in [4.78, 5) is 25.1. The Morgan fingerprint density at radius 3 is 2.53 bits per heavy atom. The van der Waals surface area contributed by atoms with Crippen LogP contribution in [0, 0.1) is 0 Å². The molecule has 0 unspecified atom stereocenters. The maximum Gasteiger partial charge on any atom is 0.312 e. The van der Waals surface area contributed by atoms with E-state index in [9.17, 15) is 9.59 Å². The van der Waals surface area contributed by atoms with Crippen molar-refractivity contribution < 1.29 is 9.59 Å². The molecular formula is C6H11N7O2. The largest absolute Gasteiger partial charge is 0.366 e. The molecule has 0 aliphatic heterocycles. The van der Waals surface area contributed by atoms with E-state index < -0.39 is 11.9 Å². The summed E-state index contributed by atoms with van der Waals surface area (Å²) in [5.41, 5.74) is 10.0. The first-order valence-electron chi connectivity index (χ1n) is 4.09. The van der Waals surface area contributed by atoms with Gasteiger partial charge in [0.1, 0.15) is 0 Å². The number of amides is 3. The van der Waals surface area contributed by atoms with E-state index in [4.69, 9.17) is 11.5 Å². The molecule has 1 aromatic rings. The molecule has 0 saturated heterocycles.